The number of aromatic nitrogens is 4. The van der Waals surface area contributed by atoms with Crippen molar-refractivity contribution >= 4 is 17.5 Å². The number of carbonyl (C=O) groups is 2. The Bertz CT molecular complexity index is 1320. The molecule has 35 heavy (non-hydrogen) atoms. The van der Waals surface area contributed by atoms with Gasteiger partial charge in [-0.1, -0.05) is 12.1 Å². The minimum absolute atomic E-state index is 0.0926. The molecule has 0 saturated heterocycles. The van der Waals surface area contributed by atoms with Gasteiger partial charge >= 0.3 is 0 Å². The molecular weight excluding hydrogens is 455 g/mol. The average molecular weight is 481 g/mol. The van der Waals surface area contributed by atoms with Gasteiger partial charge in [0.2, 0.25) is 5.82 Å². The highest BCUT2D eigenvalue weighted by atomic mass is 19.1. The molecule has 4 rings (SSSR count). The number of hydrogen-bond acceptors (Lipinski definition) is 7. The van der Waals surface area contributed by atoms with Crippen LogP contribution in [0.2, 0.25) is 0 Å². The standard InChI is InChI=1S/C24H25FN6O4/c1-15-11-12-19(35-15)22-27-29-30(28-22)14-20(32)31(17-9-6-5-8-16(17)25)21(18-10-7-13-34-18)23(33)26-24(2,3)4/h5-13,21H,14H2,1-4H3,(H,26,33). The second-order valence-electron chi connectivity index (χ2n) is 8.93. The Hall–Kier alpha value is -4.28. The predicted molar refractivity (Wildman–Crippen MR) is 123 cm³/mol. The highest BCUT2D eigenvalue weighted by molar-refractivity contribution is 6.01. The Morgan fingerprint density at radius 3 is 2.54 bits per heavy atom. The molecule has 0 bridgehead atoms. The lowest BCUT2D eigenvalue weighted by Gasteiger charge is -2.32. The number of nitrogens with one attached hydrogen (secondary N) is 1. The van der Waals surface area contributed by atoms with Crippen molar-refractivity contribution in [2.45, 2.75) is 45.8 Å². The van der Waals surface area contributed by atoms with Crippen LogP contribution in [0.5, 0.6) is 0 Å². The smallest absolute Gasteiger partial charge is 0.251 e. The summed E-state index contributed by atoms with van der Waals surface area (Å²) in [5, 5.41) is 14.9. The maximum Gasteiger partial charge on any atom is 0.251 e. The molecule has 11 heteroatoms. The van der Waals surface area contributed by atoms with Crippen LogP contribution >= 0.6 is 0 Å². The zero-order valence-corrected chi connectivity index (χ0v) is 19.7. The molecule has 1 aromatic carbocycles. The first-order chi connectivity index (χ1) is 16.6. The number of anilines is 1. The molecule has 0 spiro atoms. The number of halogens is 1. The number of aryl methyl sites for hydroxylation is 1. The predicted octanol–water partition coefficient (Wildman–Crippen LogP) is 3.66. The zero-order chi connectivity index (χ0) is 25.2. The van der Waals surface area contributed by atoms with Gasteiger partial charge in [-0.3, -0.25) is 14.5 Å². The van der Waals surface area contributed by atoms with E-state index >= 15 is 0 Å². The maximum atomic E-state index is 15.0. The van der Waals surface area contributed by atoms with Gasteiger partial charge in [-0.25, -0.2) is 4.39 Å². The molecular formula is C24H25FN6O4. The van der Waals surface area contributed by atoms with Crippen molar-refractivity contribution in [2.24, 2.45) is 0 Å². The van der Waals surface area contributed by atoms with E-state index in [0.717, 1.165) is 9.70 Å². The molecule has 10 nitrogen and oxygen atoms in total. The fraction of sp³-hybridized carbons (Fsp3) is 0.292. The van der Waals surface area contributed by atoms with E-state index in [1.54, 1.807) is 58.0 Å². The van der Waals surface area contributed by atoms with Gasteiger partial charge in [0.15, 0.2) is 11.8 Å². The number of para-hydroxylation sites is 1. The SMILES string of the molecule is Cc1ccc(-c2nnn(CC(=O)N(c3ccccc3F)C(C(=O)NC(C)(C)C)c3ccco3)n2)o1. The van der Waals surface area contributed by atoms with Crippen LogP contribution in [-0.2, 0) is 16.1 Å². The molecule has 0 radical (unpaired) electrons. The van der Waals surface area contributed by atoms with Gasteiger partial charge in [0.25, 0.3) is 11.8 Å². The van der Waals surface area contributed by atoms with Crippen LogP contribution in [0.1, 0.15) is 38.3 Å². The summed E-state index contributed by atoms with van der Waals surface area (Å²) < 4.78 is 25.9. The third-order valence-electron chi connectivity index (χ3n) is 4.89. The summed E-state index contributed by atoms with van der Waals surface area (Å²) in [5.41, 5.74) is -0.708. The largest absolute Gasteiger partial charge is 0.467 e. The molecule has 0 saturated carbocycles. The van der Waals surface area contributed by atoms with Crippen LogP contribution in [0.4, 0.5) is 10.1 Å². The average Bonchev–Trinajstić information content (AvgIpc) is 3.53. The molecule has 0 aliphatic rings. The molecule has 1 N–H and O–H groups in total. The molecule has 182 valence electrons. The van der Waals surface area contributed by atoms with E-state index in [-0.39, 0.29) is 17.3 Å². The number of carbonyl (C=O) groups excluding carboxylic acids is 2. The number of tetrazole rings is 1. The van der Waals surface area contributed by atoms with Crippen LogP contribution in [0.25, 0.3) is 11.6 Å². The molecule has 0 aliphatic heterocycles. The van der Waals surface area contributed by atoms with E-state index in [1.165, 1.54) is 24.5 Å². The van der Waals surface area contributed by atoms with Crippen molar-refractivity contribution in [3.05, 3.63) is 72.1 Å². The van der Waals surface area contributed by atoms with Crippen LogP contribution in [-0.4, -0.2) is 37.6 Å². The van der Waals surface area contributed by atoms with Gasteiger partial charge in [-0.05, 0) is 69.3 Å². The molecule has 0 fully saturated rings. The Morgan fingerprint density at radius 2 is 1.91 bits per heavy atom. The fourth-order valence-electron chi connectivity index (χ4n) is 3.48. The minimum Gasteiger partial charge on any atom is -0.467 e. The summed E-state index contributed by atoms with van der Waals surface area (Å²) >= 11 is 0. The lowest BCUT2D eigenvalue weighted by Crippen LogP contribution is -2.50. The molecule has 1 atom stereocenters. The normalized spacial score (nSPS) is 12.4. The number of furan rings is 2. The van der Waals surface area contributed by atoms with Crippen molar-refractivity contribution < 1.29 is 22.8 Å². The third-order valence-corrected chi connectivity index (χ3v) is 4.89. The Morgan fingerprint density at radius 1 is 1.14 bits per heavy atom. The summed E-state index contributed by atoms with van der Waals surface area (Å²) in [6.07, 6.45) is 1.38. The van der Waals surface area contributed by atoms with Gasteiger partial charge in [-0.15, -0.1) is 10.2 Å². The molecule has 0 aliphatic carbocycles. The molecule has 2 amide bonds. The van der Waals surface area contributed by atoms with E-state index in [1.807, 2.05) is 0 Å². The third kappa shape index (κ3) is 5.45. The van der Waals surface area contributed by atoms with Crippen LogP contribution in [0.3, 0.4) is 0 Å². The van der Waals surface area contributed by atoms with E-state index in [9.17, 15) is 14.0 Å². The number of amides is 2. The van der Waals surface area contributed by atoms with Crippen LogP contribution in [0, 0.1) is 12.7 Å². The van der Waals surface area contributed by atoms with E-state index in [0.29, 0.717) is 11.5 Å². The highest BCUT2D eigenvalue weighted by Gasteiger charge is 2.37. The summed E-state index contributed by atoms with van der Waals surface area (Å²) in [6, 6.07) is 11.0. The number of nitrogens with zero attached hydrogens (tertiary/aromatic N) is 5. The second kappa shape index (κ2) is 9.53. The first-order valence-corrected chi connectivity index (χ1v) is 10.9. The van der Waals surface area contributed by atoms with E-state index in [2.05, 4.69) is 20.7 Å². The number of rotatable bonds is 7. The van der Waals surface area contributed by atoms with Crippen molar-refractivity contribution in [2.75, 3.05) is 4.90 Å². The van der Waals surface area contributed by atoms with Gasteiger partial charge in [0.05, 0.1) is 12.0 Å². The maximum absolute atomic E-state index is 15.0. The van der Waals surface area contributed by atoms with E-state index in [4.69, 9.17) is 8.83 Å². The number of benzene rings is 1. The second-order valence-corrected chi connectivity index (χ2v) is 8.93. The van der Waals surface area contributed by atoms with Crippen molar-refractivity contribution in [3.63, 3.8) is 0 Å². The summed E-state index contributed by atoms with van der Waals surface area (Å²) in [5.74, 6) is -0.450. The summed E-state index contributed by atoms with van der Waals surface area (Å²) in [7, 11) is 0. The van der Waals surface area contributed by atoms with Crippen molar-refractivity contribution in [1.29, 1.82) is 0 Å². The fourth-order valence-corrected chi connectivity index (χ4v) is 3.48. The first kappa shape index (κ1) is 23.9. The van der Waals surface area contributed by atoms with Crippen LogP contribution in [0.15, 0.2) is 63.6 Å². The lowest BCUT2D eigenvalue weighted by molar-refractivity contribution is -0.128. The van der Waals surface area contributed by atoms with Crippen molar-refractivity contribution in [1.82, 2.24) is 25.5 Å². The minimum atomic E-state index is -1.29. The van der Waals surface area contributed by atoms with Gasteiger partial charge in [0.1, 0.15) is 23.9 Å². The number of hydrogen-bond donors (Lipinski definition) is 1. The van der Waals surface area contributed by atoms with E-state index < -0.39 is 35.8 Å². The van der Waals surface area contributed by atoms with Gasteiger partial charge < -0.3 is 14.2 Å². The monoisotopic (exact) mass is 480 g/mol. The Labute approximate surface area is 200 Å². The quantitative estimate of drug-likeness (QED) is 0.429. The van der Waals surface area contributed by atoms with Gasteiger partial charge in [0, 0.05) is 5.54 Å². The molecule has 3 heterocycles. The van der Waals surface area contributed by atoms with Gasteiger partial charge in [-0.2, -0.15) is 4.80 Å². The zero-order valence-electron chi connectivity index (χ0n) is 19.7. The van der Waals surface area contributed by atoms with Crippen molar-refractivity contribution in [3.8, 4) is 11.6 Å². The Kier molecular flexibility index (Phi) is 6.50. The Balaban J connectivity index is 1.72. The topological polar surface area (TPSA) is 119 Å². The highest BCUT2D eigenvalue weighted by Crippen LogP contribution is 2.31. The van der Waals surface area contributed by atoms with Crippen LogP contribution < -0.4 is 10.2 Å². The lowest BCUT2D eigenvalue weighted by atomic mass is 10.1. The molecule has 1 unspecified atom stereocenters. The summed E-state index contributed by atoms with van der Waals surface area (Å²) in [6.45, 7) is 6.77. The molecule has 3 aromatic heterocycles. The summed E-state index contributed by atoms with van der Waals surface area (Å²) in [4.78, 5) is 29.1. The first-order valence-electron chi connectivity index (χ1n) is 10.9. The molecule has 4 aromatic rings.